The largest absolute Gasteiger partial charge is 0.454 e. The second-order valence-corrected chi connectivity index (χ2v) is 8.47. The van der Waals surface area contributed by atoms with Gasteiger partial charge in [0.1, 0.15) is 6.10 Å². The van der Waals surface area contributed by atoms with Gasteiger partial charge in [0, 0.05) is 63.7 Å². The zero-order valence-electron chi connectivity index (χ0n) is 17.1. The summed E-state index contributed by atoms with van der Waals surface area (Å²) in [6.45, 7) is 6.93. The average molecular weight is 402 g/mol. The highest BCUT2D eigenvalue weighted by atomic mass is 16.7. The number of benzene rings is 1. The quantitative estimate of drug-likeness (QED) is 0.773. The lowest BCUT2D eigenvalue weighted by Crippen LogP contribution is -2.47. The summed E-state index contributed by atoms with van der Waals surface area (Å²) in [6, 6.07) is 6.86. The van der Waals surface area contributed by atoms with Crippen molar-refractivity contribution in [3.05, 3.63) is 18.2 Å². The number of fused-ring (bicyclic) bond motifs is 1. The van der Waals surface area contributed by atoms with E-state index >= 15 is 0 Å². The van der Waals surface area contributed by atoms with Gasteiger partial charge in [-0.15, -0.1) is 0 Å². The minimum atomic E-state index is -0.188. The van der Waals surface area contributed by atoms with Crippen molar-refractivity contribution in [2.75, 3.05) is 57.6 Å². The molecule has 0 bridgehead atoms. The molecule has 3 fully saturated rings. The fourth-order valence-corrected chi connectivity index (χ4v) is 5.07. The first-order valence-electron chi connectivity index (χ1n) is 11.1. The van der Waals surface area contributed by atoms with Gasteiger partial charge >= 0.3 is 0 Å². The van der Waals surface area contributed by atoms with Crippen LogP contribution < -0.4 is 14.4 Å². The highest BCUT2D eigenvalue weighted by Gasteiger charge is 2.31. The van der Waals surface area contributed by atoms with Crippen LogP contribution in [0.2, 0.25) is 0 Å². The first-order valence-corrected chi connectivity index (χ1v) is 11.1. The Morgan fingerprint density at radius 1 is 0.897 bits per heavy atom. The van der Waals surface area contributed by atoms with Crippen molar-refractivity contribution in [3.63, 3.8) is 0 Å². The summed E-state index contributed by atoms with van der Waals surface area (Å²) < 4.78 is 16.6. The molecule has 0 N–H and O–H groups in total. The molecule has 1 aromatic carbocycles. The summed E-state index contributed by atoms with van der Waals surface area (Å²) in [5.41, 5.74) is 1.22. The van der Waals surface area contributed by atoms with Gasteiger partial charge in [0.15, 0.2) is 11.5 Å². The maximum absolute atomic E-state index is 12.7. The fourth-order valence-electron chi connectivity index (χ4n) is 5.07. The highest BCUT2D eigenvalue weighted by Crippen LogP contribution is 2.36. The zero-order valence-corrected chi connectivity index (χ0v) is 17.1. The molecule has 0 saturated carbocycles. The number of hydrogen-bond acceptors (Lipinski definition) is 6. The lowest BCUT2D eigenvalue weighted by atomic mass is 10.0. The molecule has 1 atom stereocenters. The van der Waals surface area contributed by atoms with E-state index < -0.39 is 0 Å². The van der Waals surface area contributed by atoms with E-state index in [4.69, 9.17) is 14.2 Å². The number of carbonyl (C=O) groups is 1. The molecule has 1 amide bonds. The number of rotatable bonds is 3. The Hall–Kier alpha value is -1.99. The second kappa shape index (κ2) is 8.40. The molecule has 1 unspecified atom stereocenters. The van der Waals surface area contributed by atoms with Crippen molar-refractivity contribution in [1.82, 2.24) is 9.80 Å². The van der Waals surface area contributed by atoms with Crippen LogP contribution in [0, 0.1) is 0 Å². The van der Waals surface area contributed by atoms with Crippen molar-refractivity contribution in [2.24, 2.45) is 0 Å². The Morgan fingerprint density at radius 3 is 2.59 bits per heavy atom. The van der Waals surface area contributed by atoms with Crippen LogP contribution in [0.25, 0.3) is 0 Å². The molecule has 0 spiro atoms. The summed E-state index contributed by atoms with van der Waals surface area (Å²) >= 11 is 0. The molecule has 0 aromatic heterocycles. The minimum Gasteiger partial charge on any atom is -0.454 e. The van der Waals surface area contributed by atoms with Crippen LogP contribution in [0.4, 0.5) is 5.69 Å². The lowest BCUT2D eigenvalue weighted by molar-refractivity contribution is -0.140. The monoisotopic (exact) mass is 401 g/mol. The summed E-state index contributed by atoms with van der Waals surface area (Å²) in [4.78, 5) is 19.8. The van der Waals surface area contributed by atoms with E-state index in [1.54, 1.807) is 0 Å². The topological polar surface area (TPSA) is 54.5 Å². The Balaban J connectivity index is 1.13. The predicted molar refractivity (Wildman–Crippen MR) is 110 cm³/mol. The zero-order chi connectivity index (χ0) is 19.6. The van der Waals surface area contributed by atoms with E-state index in [2.05, 4.69) is 21.9 Å². The van der Waals surface area contributed by atoms with Gasteiger partial charge < -0.3 is 24.0 Å². The molecular formula is C22H31N3O4. The minimum absolute atomic E-state index is 0.188. The first-order chi connectivity index (χ1) is 14.3. The van der Waals surface area contributed by atoms with Gasteiger partial charge in [-0.25, -0.2) is 0 Å². The van der Waals surface area contributed by atoms with E-state index in [9.17, 15) is 4.79 Å². The van der Waals surface area contributed by atoms with E-state index in [0.29, 0.717) is 12.8 Å². The third kappa shape index (κ3) is 4.03. The fraction of sp³-hybridized carbons (Fsp3) is 0.682. The van der Waals surface area contributed by atoms with Gasteiger partial charge in [-0.2, -0.15) is 0 Å². The van der Waals surface area contributed by atoms with Crippen molar-refractivity contribution >= 4 is 11.6 Å². The van der Waals surface area contributed by atoms with Crippen LogP contribution in [0.3, 0.4) is 0 Å². The average Bonchev–Trinajstić information content (AvgIpc) is 3.40. The van der Waals surface area contributed by atoms with Crippen molar-refractivity contribution in [2.45, 2.75) is 44.2 Å². The number of carbonyl (C=O) groups excluding carboxylic acids is 1. The highest BCUT2D eigenvalue weighted by molar-refractivity contribution is 5.81. The number of ether oxygens (including phenoxy) is 3. The lowest BCUT2D eigenvalue weighted by Gasteiger charge is -2.39. The molecule has 0 radical (unpaired) electrons. The molecule has 158 valence electrons. The van der Waals surface area contributed by atoms with Gasteiger partial charge in [-0.1, -0.05) is 0 Å². The molecular weight excluding hydrogens is 370 g/mol. The summed E-state index contributed by atoms with van der Waals surface area (Å²) in [5, 5.41) is 0. The van der Waals surface area contributed by atoms with Crippen LogP contribution >= 0.6 is 0 Å². The van der Waals surface area contributed by atoms with E-state index in [1.807, 2.05) is 11.0 Å². The smallest absolute Gasteiger partial charge is 0.251 e. The first kappa shape index (κ1) is 19.0. The molecule has 7 nitrogen and oxygen atoms in total. The number of piperidine rings is 1. The van der Waals surface area contributed by atoms with E-state index in [1.165, 1.54) is 5.69 Å². The summed E-state index contributed by atoms with van der Waals surface area (Å²) in [6.07, 6.45) is 5.09. The Morgan fingerprint density at radius 2 is 1.76 bits per heavy atom. The normalized spacial score (nSPS) is 26.0. The Kier molecular flexibility index (Phi) is 5.50. The van der Waals surface area contributed by atoms with Crippen LogP contribution in [-0.4, -0.2) is 80.5 Å². The molecule has 4 aliphatic rings. The SMILES string of the molecule is O=C(C1CCCO1)N1CCCN(C2CCN(c3ccc4c(c3)OCO4)CC2)CC1. The van der Waals surface area contributed by atoms with Crippen LogP contribution in [0.15, 0.2) is 18.2 Å². The number of amides is 1. The predicted octanol–water partition coefficient (Wildman–Crippen LogP) is 2.10. The van der Waals surface area contributed by atoms with Gasteiger partial charge in [0.2, 0.25) is 6.79 Å². The number of nitrogens with zero attached hydrogens (tertiary/aromatic N) is 3. The number of hydrogen-bond donors (Lipinski definition) is 0. The standard InChI is InChI=1S/C22H31N3O4/c26-22(20-3-1-14-27-20)25-9-2-8-23(12-13-25)17-6-10-24(11-7-17)18-4-5-19-21(15-18)29-16-28-19/h4-5,15,17,20H,1-3,6-14,16H2. The maximum atomic E-state index is 12.7. The Bertz CT molecular complexity index is 729. The second-order valence-electron chi connectivity index (χ2n) is 8.47. The number of anilines is 1. The molecule has 5 rings (SSSR count). The van der Waals surface area contributed by atoms with Crippen LogP contribution in [0.5, 0.6) is 11.5 Å². The summed E-state index contributed by atoms with van der Waals surface area (Å²) in [7, 11) is 0. The molecule has 1 aromatic rings. The third-order valence-corrected chi connectivity index (χ3v) is 6.75. The van der Waals surface area contributed by atoms with Gasteiger partial charge in [0.25, 0.3) is 5.91 Å². The molecule has 3 saturated heterocycles. The molecule has 7 heteroatoms. The maximum Gasteiger partial charge on any atom is 0.251 e. The molecule has 29 heavy (non-hydrogen) atoms. The Labute approximate surface area is 172 Å². The van der Waals surface area contributed by atoms with Gasteiger partial charge in [-0.05, 0) is 44.2 Å². The van der Waals surface area contributed by atoms with Gasteiger partial charge in [-0.3, -0.25) is 9.69 Å². The molecule has 4 heterocycles. The van der Waals surface area contributed by atoms with Crippen molar-refractivity contribution in [3.8, 4) is 11.5 Å². The molecule has 0 aliphatic carbocycles. The third-order valence-electron chi connectivity index (χ3n) is 6.75. The van der Waals surface area contributed by atoms with E-state index in [0.717, 1.165) is 89.5 Å². The van der Waals surface area contributed by atoms with E-state index in [-0.39, 0.29) is 12.0 Å². The van der Waals surface area contributed by atoms with Gasteiger partial charge in [0.05, 0.1) is 0 Å². The molecule has 4 aliphatic heterocycles. The van der Waals surface area contributed by atoms with Crippen LogP contribution in [0.1, 0.15) is 32.1 Å². The van der Waals surface area contributed by atoms with Crippen molar-refractivity contribution in [1.29, 1.82) is 0 Å². The summed E-state index contributed by atoms with van der Waals surface area (Å²) in [5.74, 6) is 1.91. The van der Waals surface area contributed by atoms with Crippen molar-refractivity contribution < 1.29 is 19.0 Å². The van der Waals surface area contributed by atoms with Crippen LogP contribution in [-0.2, 0) is 9.53 Å².